The Kier molecular flexibility index (Phi) is 6.84. The van der Waals surface area contributed by atoms with E-state index in [0.717, 1.165) is 5.69 Å². The van der Waals surface area contributed by atoms with Crippen LogP contribution in [0.1, 0.15) is 51.4 Å². The summed E-state index contributed by atoms with van der Waals surface area (Å²) in [6.07, 6.45) is 0.831. The zero-order chi connectivity index (χ0) is 27.8. The van der Waals surface area contributed by atoms with Gasteiger partial charge in [0.25, 0.3) is 0 Å². The Hall–Kier alpha value is -4.46. The largest absolute Gasteiger partial charge is 0.473 e. The lowest BCUT2D eigenvalue weighted by Crippen LogP contribution is -2.47. The average Bonchev–Trinajstić information content (AvgIpc) is 3.09. The average molecular weight is 522 g/mol. The second-order valence-corrected chi connectivity index (χ2v) is 10.5. The normalized spacial score (nSPS) is 14.0. The predicted octanol–water partition coefficient (Wildman–Crippen LogP) is 4.86. The fourth-order valence-electron chi connectivity index (χ4n) is 4.01. The molecule has 0 spiro atoms. The van der Waals surface area contributed by atoms with Crippen molar-refractivity contribution in [3.8, 4) is 23.4 Å². The zero-order valence-electron chi connectivity index (χ0n) is 22.0. The summed E-state index contributed by atoms with van der Waals surface area (Å²) < 4.78 is 33.1. The van der Waals surface area contributed by atoms with Crippen molar-refractivity contribution in [2.75, 3.05) is 4.90 Å². The van der Waals surface area contributed by atoms with Gasteiger partial charge in [0.15, 0.2) is 11.6 Å². The van der Waals surface area contributed by atoms with Crippen molar-refractivity contribution in [1.29, 1.82) is 5.26 Å². The Morgan fingerprint density at radius 2 is 1.97 bits per heavy atom. The van der Waals surface area contributed by atoms with Crippen molar-refractivity contribution in [3.05, 3.63) is 69.7 Å². The number of amides is 1. The van der Waals surface area contributed by atoms with Crippen LogP contribution in [0.15, 0.2) is 41.3 Å². The summed E-state index contributed by atoms with van der Waals surface area (Å²) in [5.41, 5.74) is -1.03. The summed E-state index contributed by atoms with van der Waals surface area (Å²) in [5.74, 6) is -0.486. The summed E-state index contributed by atoms with van der Waals surface area (Å²) in [4.78, 5) is 35.2. The van der Waals surface area contributed by atoms with Gasteiger partial charge in [-0.05, 0) is 71.4 Å². The first-order chi connectivity index (χ1) is 17.8. The van der Waals surface area contributed by atoms with Crippen LogP contribution in [-0.2, 0) is 17.9 Å². The second-order valence-electron chi connectivity index (χ2n) is 10.5. The van der Waals surface area contributed by atoms with Crippen LogP contribution in [0.2, 0.25) is 0 Å². The minimum Gasteiger partial charge on any atom is -0.473 e. The lowest BCUT2D eigenvalue weighted by molar-refractivity contribution is 0.0552. The predicted molar refractivity (Wildman–Crippen MR) is 136 cm³/mol. The third-order valence-corrected chi connectivity index (χ3v) is 5.64. The van der Waals surface area contributed by atoms with Gasteiger partial charge in [0.2, 0.25) is 5.88 Å². The standard InChI is InChI=1S/C27H28FN5O5/c1-16-7-8-19(13-30-16)37-23-18(12-29)9-17(10-20(23)28)14-36-21-11-22-32(24(34)31-21)15-27(5,6)33(22)25(35)38-26(2,3)4/h7-11,13H,14-15H2,1-6H3. The Morgan fingerprint density at radius 3 is 2.61 bits per heavy atom. The van der Waals surface area contributed by atoms with Gasteiger partial charge in [0.1, 0.15) is 29.8 Å². The fourth-order valence-corrected chi connectivity index (χ4v) is 4.01. The summed E-state index contributed by atoms with van der Waals surface area (Å²) in [5, 5.41) is 9.57. The van der Waals surface area contributed by atoms with Crippen molar-refractivity contribution in [1.82, 2.24) is 14.5 Å². The number of aromatic nitrogens is 3. The Labute approximate surface area is 219 Å². The Bertz CT molecular complexity index is 1490. The number of halogens is 1. The number of ether oxygens (including phenoxy) is 3. The smallest absolute Gasteiger partial charge is 0.416 e. The van der Waals surface area contributed by atoms with E-state index >= 15 is 0 Å². The molecule has 0 unspecified atom stereocenters. The fraction of sp³-hybridized carbons (Fsp3) is 0.370. The highest BCUT2D eigenvalue weighted by Crippen LogP contribution is 2.35. The monoisotopic (exact) mass is 521 g/mol. The molecule has 3 aromatic rings. The summed E-state index contributed by atoms with van der Waals surface area (Å²) in [6, 6.07) is 9.32. The first-order valence-corrected chi connectivity index (χ1v) is 11.9. The molecule has 38 heavy (non-hydrogen) atoms. The first kappa shape index (κ1) is 26.6. The molecule has 1 amide bonds. The number of carbonyl (C=O) groups is 1. The number of pyridine rings is 1. The Balaban J connectivity index is 1.58. The van der Waals surface area contributed by atoms with Crippen molar-refractivity contribution in [2.45, 2.75) is 65.8 Å². The summed E-state index contributed by atoms with van der Waals surface area (Å²) >= 11 is 0. The molecule has 4 rings (SSSR count). The molecule has 0 atom stereocenters. The molecule has 1 aliphatic rings. The van der Waals surface area contributed by atoms with E-state index in [0.29, 0.717) is 5.56 Å². The lowest BCUT2D eigenvalue weighted by Gasteiger charge is -2.32. The number of anilines is 1. The molecule has 0 saturated carbocycles. The van der Waals surface area contributed by atoms with Gasteiger partial charge in [0.05, 0.1) is 23.8 Å². The third-order valence-electron chi connectivity index (χ3n) is 5.64. The van der Waals surface area contributed by atoms with Crippen LogP contribution in [-0.4, -0.2) is 31.8 Å². The van der Waals surface area contributed by atoms with Crippen molar-refractivity contribution in [3.63, 3.8) is 0 Å². The molecule has 11 heteroatoms. The number of benzene rings is 1. The molecule has 0 N–H and O–H groups in total. The van der Waals surface area contributed by atoms with E-state index in [1.807, 2.05) is 19.9 Å². The van der Waals surface area contributed by atoms with Gasteiger partial charge < -0.3 is 14.2 Å². The van der Waals surface area contributed by atoms with Crippen molar-refractivity contribution < 1.29 is 23.4 Å². The van der Waals surface area contributed by atoms with Gasteiger partial charge in [-0.2, -0.15) is 10.2 Å². The van der Waals surface area contributed by atoms with Crippen LogP contribution in [0.5, 0.6) is 17.4 Å². The van der Waals surface area contributed by atoms with Gasteiger partial charge in [-0.25, -0.2) is 14.0 Å². The molecule has 0 saturated heterocycles. The molecule has 3 heterocycles. The minimum absolute atomic E-state index is 0.0380. The van der Waals surface area contributed by atoms with E-state index < -0.39 is 28.7 Å². The molecular formula is C27H28FN5O5. The number of nitrogens with zero attached hydrogens (tertiary/aromatic N) is 5. The van der Waals surface area contributed by atoms with Crippen molar-refractivity contribution >= 4 is 11.9 Å². The van der Waals surface area contributed by atoms with E-state index in [1.54, 1.807) is 39.8 Å². The number of nitriles is 1. The van der Waals surface area contributed by atoms with Crippen LogP contribution in [0, 0.1) is 24.1 Å². The van der Waals surface area contributed by atoms with Gasteiger partial charge in [-0.15, -0.1) is 0 Å². The minimum atomic E-state index is -0.761. The SMILES string of the molecule is Cc1ccc(Oc2c(F)cc(COc3cc4n(c(=O)n3)CC(C)(C)N4C(=O)OC(C)(C)C)cc2C#N)cn1. The maximum Gasteiger partial charge on any atom is 0.416 e. The van der Waals surface area contributed by atoms with Crippen LogP contribution in [0.3, 0.4) is 0 Å². The summed E-state index contributed by atoms with van der Waals surface area (Å²) in [6.45, 7) is 10.7. The molecule has 0 radical (unpaired) electrons. The Morgan fingerprint density at radius 1 is 1.24 bits per heavy atom. The number of aryl methyl sites for hydroxylation is 1. The van der Waals surface area contributed by atoms with Gasteiger partial charge >= 0.3 is 11.8 Å². The van der Waals surface area contributed by atoms with E-state index in [9.17, 15) is 19.2 Å². The van der Waals surface area contributed by atoms with E-state index in [-0.39, 0.29) is 41.9 Å². The third kappa shape index (κ3) is 5.59. The highest BCUT2D eigenvalue weighted by molar-refractivity contribution is 5.89. The van der Waals surface area contributed by atoms with Crippen LogP contribution in [0.4, 0.5) is 15.0 Å². The second kappa shape index (κ2) is 9.78. The van der Waals surface area contributed by atoms with E-state index in [4.69, 9.17) is 14.2 Å². The first-order valence-electron chi connectivity index (χ1n) is 11.9. The maximum atomic E-state index is 14.9. The molecule has 0 aliphatic carbocycles. The van der Waals surface area contributed by atoms with Gasteiger partial charge in [0, 0.05) is 11.8 Å². The van der Waals surface area contributed by atoms with Crippen molar-refractivity contribution in [2.24, 2.45) is 0 Å². The summed E-state index contributed by atoms with van der Waals surface area (Å²) in [7, 11) is 0. The molecule has 10 nitrogen and oxygen atoms in total. The van der Waals surface area contributed by atoms with Gasteiger partial charge in [-0.1, -0.05) is 0 Å². The maximum absolute atomic E-state index is 14.9. The number of hydrogen-bond acceptors (Lipinski definition) is 8. The van der Waals surface area contributed by atoms with Crippen LogP contribution >= 0.6 is 0 Å². The quantitative estimate of drug-likeness (QED) is 0.467. The van der Waals surface area contributed by atoms with E-state index in [1.165, 1.54) is 33.9 Å². The lowest BCUT2D eigenvalue weighted by atomic mass is 10.1. The van der Waals surface area contributed by atoms with Crippen LogP contribution in [0.25, 0.3) is 0 Å². The highest BCUT2D eigenvalue weighted by Gasteiger charge is 2.43. The molecule has 0 fully saturated rings. The number of hydrogen-bond donors (Lipinski definition) is 0. The topological polar surface area (TPSA) is 120 Å². The molecule has 1 aliphatic heterocycles. The number of rotatable bonds is 5. The molecule has 1 aromatic carbocycles. The zero-order valence-corrected chi connectivity index (χ0v) is 22.0. The number of fused-ring (bicyclic) bond motifs is 1. The van der Waals surface area contributed by atoms with E-state index in [2.05, 4.69) is 9.97 Å². The number of carbonyl (C=O) groups excluding carboxylic acids is 1. The molecule has 2 aromatic heterocycles. The molecular weight excluding hydrogens is 493 g/mol. The van der Waals surface area contributed by atoms with Crippen LogP contribution < -0.4 is 20.1 Å². The molecule has 198 valence electrons. The van der Waals surface area contributed by atoms with Gasteiger partial charge in [-0.3, -0.25) is 14.5 Å². The molecule has 0 bridgehead atoms. The highest BCUT2D eigenvalue weighted by atomic mass is 19.1.